The van der Waals surface area contributed by atoms with Gasteiger partial charge in [0.15, 0.2) is 16.7 Å². The van der Waals surface area contributed by atoms with Crippen LogP contribution in [0.15, 0.2) is 46.2 Å². The molecule has 1 atom stereocenters. The number of aromatic nitrogens is 3. The first-order valence-electron chi connectivity index (χ1n) is 9.94. The third kappa shape index (κ3) is 4.02. The predicted octanol–water partition coefficient (Wildman–Crippen LogP) is 3.50. The molecule has 1 aliphatic heterocycles. The largest absolute Gasteiger partial charge is 0.467 e. The van der Waals surface area contributed by atoms with Crippen molar-refractivity contribution in [2.24, 2.45) is 0 Å². The number of rotatable bonds is 8. The number of ether oxygens (including phenoxy) is 2. The third-order valence-corrected chi connectivity index (χ3v) is 6.16. The minimum Gasteiger partial charge on any atom is -0.467 e. The molecular weight excluding hydrogens is 404 g/mol. The average molecular weight is 426 g/mol. The summed E-state index contributed by atoms with van der Waals surface area (Å²) in [5.74, 6) is 3.92. The highest BCUT2D eigenvalue weighted by Crippen LogP contribution is 2.40. The lowest BCUT2D eigenvalue weighted by atomic mass is 10.1. The van der Waals surface area contributed by atoms with Gasteiger partial charge in [0, 0.05) is 5.92 Å². The second-order valence-electron chi connectivity index (χ2n) is 7.47. The van der Waals surface area contributed by atoms with Gasteiger partial charge in [0.05, 0.1) is 24.6 Å². The van der Waals surface area contributed by atoms with Gasteiger partial charge in [0.1, 0.15) is 11.6 Å². The van der Waals surface area contributed by atoms with E-state index in [0.29, 0.717) is 18.2 Å². The molecular formula is C21H22N4O4S. The molecule has 5 rings (SSSR count). The van der Waals surface area contributed by atoms with Crippen LogP contribution in [-0.2, 0) is 11.3 Å². The summed E-state index contributed by atoms with van der Waals surface area (Å²) < 4.78 is 18.3. The summed E-state index contributed by atoms with van der Waals surface area (Å²) >= 11 is 1.39. The number of nitrogens with zero attached hydrogens (tertiary/aromatic N) is 3. The Morgan fingerprint density at radius 3 is 2.93 bits per heavy atom. The normalized spacial score (nSPS) is 15.9. The monoisotopic (exact) mass is 426 g/mol. The van der Waals surface area contributed by atoms with Crippen LogP contribution >= 0.6 is 11.8 Å². The van der Waals surface area contributed by atoms with Crippen molar-refractivity contribution in [1.29, 1.82) is 0 Å². The minimum atomic E-state index is -0.143. The van der Waals surface area contributed by atoms with Crippen LogP contribution in [0.3, 0.4) is 0 Å². The van der Waals surface area contributed by atoms with Crippen LogP contribution in [0, 0.1) is 0 Å². The van der Waals surface area contributed by atoms with Gasteiger partial charge in [-0.25, -0.2) is 0 Å². The van der Waals surface area contributed by atoms with Crippen molar-refractivity contribution < 1.29 is 18.7 Å². The number of thioether (sulfide) groups is 1. The number of carbonyl (C=O) groups is 1. The van der Waals surface area contributed by atoms with Crippen LogP contribution in [0.1, 0.15) is 48.9 Å². The number of furan rings is 1. The Hall–Kier alpha value is -2.94. The number of nitrogens with one attached hydrogen (secondary N) is 1. The Balaban J connectivity index is 1.22. The summed E-state index contributed by atoms with van der Waals surface area (Å²) in [7, 11) is 0. The van der Waals surface area contributed by atoms with E-state index < -0.39 is 0 Å². The average Bonchev–Trinajstić information content (AvgIpc) is 3.14. The molecule has 30 heavy (non-hydrogen) atoms. The fraction of sp³-hybridized carbons (Fsp3) is 0.381. The molecule has 0 saturated heterocycles. The predicted molar refractivity (Wildman–Crippen MR) is 110 cm³/mol. The van der Waals surface area contributed by atoms with E-state index in [9.17, 15) is 4.79 Å². The van der Waals surface area contributed by atoms with E-state index >= 15 is 0 Å². The Labute approximate surface area is 178 Å². The zero-order valence-corrected chi connectivity index (χ0v) is 17.4. The molecule has 8 nitrogen and oxygen atoms in total. The summed E-state index contributed by atoms with van der Waals surface area (Å²) in [5.41, 5.74) is 0.967. The first kappa shape index (κ1) is 19.0. The van der Waals surface area contributed by atoms with Gasteiger partial charge < -0.3 is 19.2 Å². The fourth-order valence-corrected chi connectivity index (χ4v) is 4.19. The molecule has 1 fully saturated rings. The van der Waals surface area contributed by atoms with E-state index in [0.717, 1.165) is 40.9 Å². The lowest BCUT2D eigenvalue weighted by molar-refractivity contribution is -0.119. The summed E-state index contributed by atoms with van der Waals surface area (Å²) in [6.07, 6.45) is 3.93. The first-order chi connectivity index (χ1) is 14.7. The van der Waals surface area contributed by atoms with Crippen molar-refractivity contribution in [3.05, 3.63) is 53.7 Å². The molecule has 156 valence electrons. The van der Waals surface area contributed by atoms with Gasteiger partial charge in [-0.15, -0.1) is 10.2 Å². The minimum absolute atomic E-state index is 0.0642. The summed E-state index contributed by atoms with van der Waals surface area (Å²) in [6.45, 7) is 2.76. The van der Waals surface area contributed by atoms with Crippen LogP contribution in [0.2, 0.25) is 0 Å². The zero-order valence-electron chi connectivity index (χ0n) is 16.5. The van der Waals surface area contributed by atoms with Gasteiger partial charge in [0.25, 0.3) is 0 Å². The van der Waals surface area contributed by atoms with Crippen molar-refractivity contribution in [2.45, 2.75) is 43.4 Å². The number of fused-ring (bicyclic) bond motifs is 1. The smallest absolute Gasteiger partial charge is 0.231 e. The maximum absolute atomic E-state index is 12.6. The molecule has 1 amide bonds. The Morgan fingerprint density at radius 2 is 2.13 bits per heavy atom. The van der Waals surface area contributed by atoms with Crippen molar-refractivity contribution in [3.63, 3.8) is 0 Å². The molecule has 0 radical (unpaired) electrons. The molecule has 2 aromatic heterocycles. The van der Waals surface area contributed by atoms with Gasteiger partial charge in [0.2, 0.25) is 12.7 Å². The van der Waals surface area contributed by atoms with Crippen LogP contribution in [0.4, 0.5) is 0 Å². The van der Waals surface area contributed by atoms with Crippen molar-refractivity contribution in [3.8, 4) is 11.5 Å². The van der Waals surface area contributed by atoms with Crippen LogP contribution in [-0.4, -0.2) is 33.2 Å². The van der Waals surface area contributed by atoms with Gasteiger partial charge in [-0.05, 0) is 49.6 Å². The highest BCUT2D eigenvalue weighted by Gasteiger charge is 2.31. The molecule has 1 saturated carbocycles. The molecule has 1 aromatic carbocycles. The van der Waals surface area contributed by atoms with Crippen molar-refractivity contribution in [1.82, 2.24) is 20.1 Å². The first-order valence-corrected chi connectivity index (χ1v) is 10.9. The third-order valence-electron chi connectivity index (χ3n) is 5.19. The molecule has 2 aliphatic rings. The molecule has 0 unspecified atom stereocenters. The van der Waals surface area contributed by atoms with Gasteiger partial charge in [-0.2, -0.15) is 0 Å². The number of carbonyl (C=O) groups excluding carboxylic acids is 1. The Bertz CT molecular complexity index is 1050. The van der Waals surface area contributed by atoms with Crippen LogP contribution < -0.4 is 14.8 Å². The molecule has 1 aliphatic carbocycles. The molecule has 9 heteroatoms. The number of hydrogen-bond acceptors (Lipinski definition) is 7. The lowest BCUT2D eigenvalue weighted by Gasteiger charge is -2.15. The topological polar surface area (TPSA) is 91.4 Å². The van der Waals surface area contributed by atoms with E-state index in [1.54, 1.807) is 6.26 Å². The summed E-state index contributed by atoms with van der Waals surface area (Å²) in [5, 5.41) is 12.5. The quantitative estimate of drug-likeness (QED) is 0.551. The maximum atomic E-state index is 12.6. The number of benzene rings is 1. The number of hydrogen-bond donors (Lipinski definition) is 1. The molecule has 0 bridgehead atoms. The SMILES string of the molecule is C[C@@H](NC(=O)CSc1nnc(C2CC2)n1Cc1ccco1)c1ccc2c(c1)OCO2. The molecule has 3 aromatic rings. The van der Waals surface area contributed by atoms with E-state index in [1.807, 2.05) is 37.3 Å². The fourth-order valence-electron chi connectivity index (χ4n) is 3.44. The summed E-state index contributed by atoms with van der Waals surface area (Å²) in [6, 6.07) is 9.37. The van der Waals surface area contributed by atoms with Gasteiger partial charge >= 0.3 is 0 Å². The Morgan fingerprint density at radius 1 is 1.27 bits per heavy atom. The highest BCUT2D eigenvalue weighted by atomic mass is 32.2. The second-order valence-corrected chi connectivity index (χ2v) is 8.41. The Kier molecular flexibility index (Phi) is 5.12. The number of amides is 1. The van der Waals surface area contributed by atoms with E-state index in [2.05, 4.69) is 20.1 Å². The standard InChI is InChI=1S/C21H22N4O4S/c1-13(15-6-7-17-18(9-15)29-12-28-17)22-19(26)11-30-21-24-23-20(14-4-5-14)25(21)10-16-3-2-8-27-16/h2-3,6-9,13-14H,4-5,10-12H2,1H3,(H,22,26)/t13-/m1/s1. The lowest BCUT2D eigenvalue weighted by Crippen LogP contribution is -2.28. The van der Waals surface area contributed by atoms with Gasteiger partial charge in [-0.3, -0.25) is 9.36 Å². The van der Waals surface area contributed by atoms with Crippen LogP contribution in [0.5, 0.6) is 11.5 Å². The van der Waals surface area contributed by atoms with E-state index in [1.165, 1.54) is 11.8 Å². The highest BCUT2D eigenvalue weighted by molar-refractivity contribution is 7.99. The van der Waals surface area contributed by atoms with Gasteiger partial charge in [-0.1, -0.05) is 17.8 Å². The molecule has 0 spiro atoms. The molecule has 3 heterocycles. The zero-order chi connectivity index (χ0) is 20.5. The van der Waals surface area contributed by atoms with Crippen molar-refractivity contribution in [2.75, 3.05) is 12.5 Å². The van der Waals surface area contributed by atoms with Crippen molar-refractivity contribution >= 4 is 17.7 Å². The molecule has 1 N–H and O–H groups in total. The van der Waals surface area contributed by atoms with E-state index in [-0.39, 0.29) is 24.5 Å². The second kappa shape index (κ2) is 8.06. The van der Waals surface area contributed by atoms with E-state index in [4.69, 9.17) is 13.9 Å². The summed E-state index contributed by atoms with van der Waals surface area (Å²) in [4.78, 5) is 12.6. The maximum Gasteiger partial charge on any atom is 0.231 e. The van der Waals surface area contributed by atoms with Crippen LogP contribution in [0.25, 0.3) is 0 Å².